The summed E-state index contributed by atoms with van der Waals surface area (Å²) < 4.78 is 0. The average molecular weight is 467 g/mol. The van der Waals surface area contributed by atoms with Gasteiger partial charge < -0.3 is 4.90 Å². The third kappa shape index (κ3) is 4.40. The van der Waals surface area contributed by atoms with E-state index in [1.165, 1.54) is 4.90 Å². The van der Waals surface area contributed by atoms with E-state index < -0.39 is 11.9 Å². The first-order valence-corrected chi connectivity index (χ1v) is 10.8. The molecule has 3 amide bonds. The first-order chi connectivity index (χ1) is 15.3. The van der Waals surface area contributed by atoms with E-state index >= 15 is 0 Å². The number of imide groups is 1. The van der Waals surface area contributed by atoms with Gasteiger partial charge >= 0.3 is 0 Å². The molecule has 5 nitrogen and oxygen atoms in total. The van der Waals surface area contributed by atoms with Crippen LogP contribution in [0.15, 0.2) is 72.8 Å². The van der Waals surface area contributed by atoms with Crippen LogP contribution in [-0.4, -0.2) is 28.7 Å². The lowest BCUT2D eigenvalue weighted by Crippen LogP contribution is -2.45. The molecule has 32 heavy (non-hydrogen) atoms. The molecule has 0 radical (unpaired) electrons. The summed E-state index contributed by atoms with van der Waals surface area (Å²) in [5.74, 6) is -1.16. The number of rotatable bonds is 5. The molecule has 0 bridgehead atoms. The highest BCUT2D eigenvalue weighted by Crippen LogP contribution is 2.29. The number of nitrogens with zero attached hydrogens (tertiary/aromatic N) is 2. The van der Waals surface area contributed by atoms with Gasteiger partial charge in [-0.2, -0.15) is 0 Å². The van der Waals surface area contributed by atoms with Crippen molar-refractivity contribution < 1.29 is 14.4 Å². The van der Waals surface area contributed by atoms with Gasteiger partial charge in [0, 0.05) is 22.2 Å². The quantitative estimate of drug-likeness (QED) is 0.480. The van der Waals surface area contributed by atoms with E-state index in [9.17, 15) is 14.4 Å². The fraction of sp³-hybridized carbons (Fsp3) is 0.160. The van der Waals surface area contributed by atoms with Crippen LogP contribution in [0.25, 0.3) is 0 Å². The van der Waals surface area contributed by atoms with Crippen LogP contribution >= 0.6 is 23.2 Å². The van der Waals surface area contributed by atoms with Crippen molar-refractivity contribution in [3.8, 4) is 0 Å². The molecule has 162 valence electrons. The zero-order chi connectivity index (χ0) is 22.8. The molecule has 1 unspecified atom stereocenters. The molecule has 3 aromatic rings. The van der Waals surface area contributed by atoms with Gasteiger partial charge in [-0.1, -0.05) is 59.1 Å². The Balaban J connectivity index is 1.71. The molecule has 1 fully saturated rings. The first-order valence-electron chi connectivity index (χ1n) is 10.1. The number of anilines is 1. The van der Waals surface area contributed by atoms with E-state index in [-0.39, 0.29) is 24.8 Å². The molecule has 0 N–H and O–H groups in total. The predicted octanol–water partition coefficient (Wildman–Crippen LogP) is 5.28. The van der Waals surface area contributed by atoms with Gasteiger partial charge in [-0.05, 0) is 55.0 Å². The number of hydrogen-bond acceptors (Lipinski definition) is 3. The SMILES string of the molecule is Cc1cccc(C(=O)N(Cc2ccccc2Cl)C2CC(=O)N(c3ccc(Cl)cc3)C2=O)c1. The van der Waals surface area contributed by atoms with Crippen LogP contribution in [0.2, 0.25) is 10.0 Å². The van der Waals surface area contributed by atoms with Crippen LogP contribution < -0.4 is 4.90 Å². The molecule has 7 heteroatoms. The number of aryl methyl sites for hydroxylation is 1. The van der Waals surface area contributed by atoms with Gasteiger partial charge in [0.25, 0.3) is 11.8 Å². The number of amides is 3. The summed E-state index contributed by atoms with van der Waals surface area (Å²) in [5, 5.41) is 0.986. The fourth-order valence-corrected chi connectivity index (χ4v) is 4.12. The molecular formula is C25H20Cl2N2O3. The summed E-state index contributed by atoms with van der Waals surface area (Å²) in [6, 6.07) is 19.8. The van der Waals surface area contributed by atoms with E-state index in [4.69, 9.17) is 23.2 Å². The van der Waals surface area contributed by atoms with Crippen LogP contribution in [0.5, 0.6) is 0 Å². The summed E-state index contributed by atoms with van der Waals surface area (Å²) in [4.78, 5) is 42.3. The Hall–Kier alpha value is -3.15. The van der Waals surface area contributed by atoms with Gasteiger partial charge in [-0.3, -0.25) is 14.4 Å². The molecule has 0 aliphatic carbocycles. The van der Waals surface area contributed by atoms with E-state index in [0.717, 1.165) is 10.5 Å². The van der Waals surface area contributed by atoms with Crippen LogP contribution in [-0.2, 0) is 16.1 Å². The van der Waals surface area contributed by atoms with E-state index in [1.54, 1.807) is 60.7 Å². The molecule has 1 heterocycles. The monoisotopic (exact) mass is 466 g/mol. The maximum absolute atomic E-state index is 13.5. The summed E-state index contributed by atoms with van der Waals surface area (Å²) >= 11 is 12.3. The van der Waals surface area contributed by atoms with Gasteiger partial charge in [-0.25, -0.2) is 4.90 Å². The van der Waals surface area contributed by atoms with Gasteiger partial charge in [0.2, 0.25) is 5.91 Å². The predicted molar refractivity (Wildman–Crippen MR) is 125 cm³/mol. The van der Waals surface area contributed by atoms with Crippen molar-refractivity contribution in [2.75, 3.05) is 4.90 Å². The standard InChI is InChI=1S/C25H20Cl2N2O3/c1-16-5-4-7-17(13-16)24(31)28(15-18-6-2-3-8-21(18)27)22-14-23(30)29(25(22)32)20-11-9-19(26)10-12-20/h2-13,22H,14-15H2,1H3. The number of benzene rings is 3. The average Bonchev–Trinajstić information content (AvgIpc) is 3.07. The lowest BCUT2D eigenvalue weighted by molar-refractivity contribution is -0.122. The lowest BCUT2D eigenvalue weighted by Gasteiger charge is -2.28. The Morgan fingerprint density at radius 3 is 2.41 bits per heavy atom. The summed E-state index contributed by atoms with van der Waals surface area (Å²) in [6.07, 6.45) is -0.108. The molecule has 0 aromatic heterocycles. The molecule has 1 saturated heterocycles. The highest BCUT2D eigenvalue weighted by Gasteiger charge is 2.44. The molecule has 1 aliphatic rings. The van der Waals surface area contributed by atoms with Crippen molar-refractivity contribution in [3.63, 3.8) is 0 Å². The Morgan fingerprint density at radius 1 is 1.00 bits per heavy atom. The Morgan fingerprint density at radius 2 is 1.72 bits per heavy atom. The zero-order valence-electron chi connectivity index (χ0n) is 17.3. The third-order valence-electron chi connectivity index (χ3n) is 5.41. The molecule has 1 atom stereocenters. The molecule has 4 rings (SSSR count). The van der Waals surface area contributed by atoms with Crippen LogP contribution in [0.4, 0.5) is 5.69 Å². The highest BCUT2D eigenvalue weighted by atomic mass is 35.5. The van der Waals surface area contributed by atoms with Crippen molar-refractivity contribution in [2.24, 2.45) is 0 Å². The molecule has 1 aliphatic heterocycles. The van der Waals surface area contributed by atoms with Crippen LogP contribution in [0, 0.1) is 6.92 Å². The Labute approximate surface area is 196 Å². The number of hydrogen-bond donors (Lipinski definition) is 0. The molecule has 3 aromatic carbocycles. The molecule has 0 saturated carbocycles. The number of carbonyl (C=O) groups excluding carboxylic acids is 3. The van der Waals surface area contributed by atoms with E-state index in [1.807, 2.05) is 19.1 Å². The highest BCUT2D eigenvalue weighted by molar-refractivity contribution is 6.31. The van der Waals surface area contributed by atoms with Crippen molar-refractivity contribution in [1.82, 2.24) is 4.90 Å². The second-order valence-corrected chi connectivity index (χ2v) is 8.50. The molecular weight excluding hydrogens is 447 g/mol. The smallest absolute Gasteiger partial charge is 0.257 e. The normalized spacial score (nSPS) is 15.8. The third-order valence-corrected chi connectivity index (χ3v) is 6.03. The van der Waals surface area contributed by atoms with Crippen LogP contribution in [0.3, 0.4) is 0 Å². The maximum atomic E-state index is 13.5. The largest absolute Gasteiger partial charge is 0.322 e. The fourth-order valence-electron chi connectivity index (χ4n) is 3.80. The van der Waals surface area contributed by atoms with Gasteiger partial charge in [0.1, 0.15) is 6.04 Å². The summed E-state index contributed by atoms with van der Waals surface area (Å²) in [5.41, 5.74) is 2.49. The molecule has 0 spiro atoms. The Bertz CT molecular complexity index is 1190. The minimum atomic E-state index is -0.942. The van der Waals surface area contributed by atoms with Gasteiger partial charge in [-0.15, -0.1) is 0 Å². The summed E-state index contributed by atoms with van der Waals surface area (Å²) in [7, 11) is 0. The van der Waals surface area contributed by atoms with Crippen molar-refractivity contribution in [3.05, 3.63) is 99.5 Å². The minimum Gasteiger partial charge on any atom is -0.322 e. The second-order valence-electron chi connectivity index (χ2n) is 7.66. The summed E-state index contributed by atoms with van der Waals surface area (Å²) in [6.45, 7) is 1.99. The Kier molecular flexibility index (Phi) is 6.31. The number of carbonyl (C=O) groups is 3. The zero-order valence-corrected chi connectivity index (χ0v) is 18.8. The maximum Gasteiger partial charge on any atom is 0.257 e. The van der Waals surface area contributed by atoms with Crippen molar-refractivity contribution in [1.29, 1.82) is 0 Å². The number of halogens is 2. The van der Waals surface area contributed by atoms with Crippen molar-refractivity contribution in [2.45, 2.75) is 25.9 Å². The first kappa shape index (κ1) is 22.1. The lowest BCUT2D eigenvalue weighted by atomic mass is 10.1. The second kappa shape index (κ2) is 9.15. The minimum absolute atomic E-state index is 0.102. The van der Waals surface area contributed by atoms with Crippen molar-refractivity contribution >= 4 is 46.6 Å². The van der Waals surface area contributed by atoms with E-state index in [0.29, 0.717) is 26.9 Å². The van der Waals surface area contributed by atoms with E-state index in [2.05, 4.69) is 0 Å². The van der Waals surface area contributed by atoms with Gasteiger partial charge in [0.15, 0.2) is 0 Å². The van der Waals surface area contributed by atoms with Gasteiger partial charge in [0.05, 0.1) is 12.1 Å². The van der Waals surface area contributed by atoms with Crippen LogP contribution in [0.1, 0.15) is 27.9 Å². The topological polar surface area (TPSA) is 57.7 Å².